The number of hydrogen-bond donors (Lipinski definition) is 3. The first-order valence-corrected chi connectivity index (χ1v) is 14.2. The molecule has 0 radical (unpaired) electrons. The summed E-state index contributed by atoms with van der Waals surface area (Å²) in [5.74, 6) is 0.703. The third kappa shape index (κ3) is 5.91. The van der Waals surface area contributed by atoms with Gasteiger partial charge in [0.15, 0.2) is 5.65 Å². The van der Waals surface area contributed by atoms with E-state index in [4.69, 9.17) is 38.9 Å². The van der Waals surface area contributed by atoms with Crippen molar-refractivity contribution in [3.05, 3.63) is 33.9 Å². The predicted molar refractivity (Wildman–Crippen MR) is 153 cm³/mol. The first kappa shape index (κ1) is 27.4. The number of carbonyl (C=O) groups is 1. The molecule has 2 aromatic heterocycles. The van der Waals surface area contributed by atoms with Gasteiger partial charge in [0.1, 0.15) is 5.52 Å². The van der Waals surface area contributed by atoms with Crippen molar-refractivity contribution in [1.29, 1.82) is 5.26 Å². The Morgan fingerprint density at radius 1 is 1.15 bits per heavy atom. The van der Waals surface area contributed by atoms with Crippen molar-refractivity contribution < 1.29 is 4.79 Å². The Morgan fingerprint density at radius 3 is 2.51 bits per heavy atom. The average molecular weight is 571 g/mol. The molecule has 206 valence electrons. The third-order valence-corrected chi connectivity index (χ3v) is 8.42. The summed E-state index contributed by atoms with van der Waals surface area (Å²) < 4.78 is 2.06. The summed E-state index contributed by atoms with van der Waals surface area (Å²) in [6.07, 6.45) is 6.81. The second-order valence-electron chi connectivity index (χ2n) is 10.7. The van der Waals surface area contributed by atoms with Gasteiger partial charge in [-0.05, 0) is 71.0 Å². The van der Waals surface area contributed by atoms with Gasteiger partial charge in [-0.2, -0.15) is 10.2 Å². The van der Waals surface area contributed by atoms with E-state index in [1.54, 1.807) is 18.3 Å². The van der Waals surface area contributed by atoms with Gasteiger partial charge in [0.25, 0.3) is 0 Å². The molecule has 39 heavy (non-hydrogen) atoms. The summed E-state index contributed by atoms with van der Waals surface area (Å²) >= 11 is 13.0. The summed E-state index contributed by atoms with van der Waals surface area (Å²) in [7, 11) is 0. The minimum atomic E-state index is -0.254. The first-order chi connectivity index (χ1) is 18.7. The fourth-order valence-corrected chi connectivity index (χ4v) is 6.24. The molecule has 5 rings (SSSR count). The summed E-state index contributed by atoms with van der Waals surface area (Å²) in [6.45, 7) is 6.48. The van der Waals surface area contributed by atoms with E-state index in [0.717, 1.165) is 38.8 Å². The first-order valence-electron chi connectivity index (χ1n) is 13.4. The van der Waals surface area contributed by atoms with Gasteiger partial charge in [-0.1, -0.05) is 23.2 Å². The maximum absolute atomic E-state index is 11.8. The number of nitrogens with two attached hydrogens (primary N) is 1. The zero-order chi connectivity index (χ0) is 27.7. The summed E-state index contributed by atoms with van der Waals surface area (Å²) in [5, 5.41) is 16.7. The van der Waals surface area contributed by atoms with Crippen molar-refractivity contribution in [2.75, 3.05) is 23.7 Å². The quantitative estimate of drug-likeness (QED) is 0.350. The molecular formula is C27H33Cl2N9O. The molecule has 1 saturated heterocycles. The number of amides is 1. The third-order valence-electron chi connectivity index (χ3n) is 7.82. The predicted octanol–water partition coefficient (Wildman–Crippen LogP) is 5.25. The number of rotatable bonds is 7. The minimum absolute atomic E-state index is 0.0397. The number of hydrogen-bond acceptors (Lipinski definition) is 8. The Hall–Kier alpha value is -3.13. The van der Waals surface area contributed by atoms with E-state index in [2.05, 4.69) is 45.0 Å². The van der Waals surface area contributed by atoms with Gasteiger partial charge in [-0.25, -0.2) is 9.97 Å². The van der Waals surface area contributed by atoms with E-state index >= 15 is 0 Å². The molecule has 1 aliphatic carbocycles. The van der Waals surface area contributed by atoms with Crippen LogP contribution in [0.3, 0.4) is 0 Å². The van der Waals surface area contributed by atoms with Crippen molar-refractivity contribution in [1.82, 2.24) is 24.4 Å². The number of fused-ring (bicyclic) bond motifs is 1. The number of likely N-dealkylation sites (tertiary alicyclic amines) is 1. The number of nitrogens with zero attached hydrogens (tertiary/aromatic N) is 6. The smallest absolute Gasteiger partial charge is 0.225 e. The molecule has 0 bridgehead atoms. The normalized spacial score (nSPS) is 22.1. The maximum Gasteiger partial charge on any atom is 0.225 e. The molecule has 0 unspecified atom stereocenters. The highest BCUT2D eigenvalue weighted by atomic mass is 35.5. The average Bonchev–Trinajstić information content (AvgIpc) is 3.28. The van der Waals surface area contributed by atoms with Crippen LogP contribution in [0.2, 0.25) is 10.0 Å². The topological polar surface area (TPSA) is 138 Å². The lowest BCUT2D eigenvalue weighted by atomic mass is 9.85. The van der Waals surface area contributed by atoms with Crippen LogP contribution < -0.4 is 16.4 Å². The fraction of sp³-hybridized carbons (Fsp3) is 0.519. The molecule has 0 spiro atoms. The standard InChI is InChI=1S/C27H33Cl2N9O/c1-15(2)37-9-3-4-18(14-37)33-26-32-13-22-25(36-26)38(19-7-5-17(6-8-19)24(31)39)27(34-22)35-23-20(28)10-16(12-30)11-21(23)29/h10-11,13,15,17-19H,3-9,14H2,1-2H3,(H2,31,39)(H,34,35)(H,32,33,36)/t17-,18-,19-/m1/s1. The van der Waals surface area contributed by atoms with Crippen LogP contribution in [-0.4, -0.2) is 55.5 Å². The Kier molecular flexibility index (Phi) is 8.12. The van der Waals surface area contributed by atoms with Crippen LogP contribution in [0.5, 0.6) is 0 Å². The van der Waals surface area contributed by atoms with Crippen molar-refractivity contribution in [2.45, 2.75) is 70.5 Å². The molecule has 10 nitrogen and oxygen atoms in total. The van der Waals surface area contributed by atoms with Gasteiger partial charge in [0.05, 0.1) is 33.6 Å². The Bertz CT molecular complexity index is 1390. The van der Waals surface area contributed by atoms with Gasteiger partial charge in [-0.15, -0.1) is 0 Å². The highest BCUT2D eigenvalue weighted by Gasteiger charge is 2.30. The van der Waals surface area contributed by atoms with E-state index in [-0.39, 0.29) is 23.9 Å². The summed E-state index contributed by atoms with van der Waals surface area (Å²) in [4.78, 5) is 28.6. The lowest BCUT2D eigenvalue weighted by Gasteiger charge is -2.35. The second-order valence-corrected chi connectivity index (χ2v) is 11.6. The van der Waals surface area contributed by atoms with Crippen LogP contribution >= 0.6 is 23.2 Å². The molecule has 2 aliphatic rings. The summed E-state index contributed by atoms with van der Waals surface area (Å²) in [5.41, 5.74) is 7.75. The molecule has 1 amide bonds. The second kappa shape index (κ2) is 11.5. The summed E-state index contributed by atoms with van der Waals surface area (Å²) in [6, 6.07) is 5.98. The van der Waals surface area contributed by atoms with E-state index in [1.165, 1.54) is 0 Å². The number of aromatic nitrogens is 4. The lowest BCUT2D eigenvalue weighted by molar-refractivity contribution is -0.122. The van der Waals surface area contributed by atoms with E-state index in [0.29, 0.717) is 63.2 Å². The minimum Gasteiger partial charge on any atom is -0.369 e. The maximum atomic E-state index is 11.8. The molecule has 1 aromatic carbocycles. The molecule has 3 aromatic rings. The Morgan fingerprint density at radius 2 is 1.87 bits per heavy atom. The van der Waals surface area contributed by atoms with Gasteiger partial charge >= 0.3 is 0 Å². The molecule has 1 atom stereocenters. The van der Waals surface area contributed by atoms with Crippen molar-refractivity contribution in [3.8, 4) is 6.07 Å². The number of anilines is 3. The van der Waals surface area contributed by atoms with Crippen molar-refractivity contribution in [3.63, 3.8) is 0 Å². The molecular weight excluding hydrogens is 537 g/mol. The molecule has 1 aliphatic heterocycles. The molecule has 3 heterocycles. The van der Waals surface area contributed by atoms with Crippen LogP contribution in [0.4, 0.5) is 17.6 Å². The van der Waals surface area contributed by atoms with Crippen molar-refractivity contribution in [2.24, 2.45) is 11.7 Å². The molecule has 12 heteroatoms. The van der Waals surface area contributed by atoms with Crippen LogP contribution in [0.1, 0.15) is 64.0 Å². The highest BCUT2D eigenvalue weighted by molar-refractivity contribution is 6.39. The highest BCUT2D eigenvalue weighted by Crippen LogP contribution is 2.39. The zero-order valence-corrected chi connectivity index (χ0v) is 23.6. The fourth-order valence-electron chi connectivity index (χ4n) is 5.66. The van der Waals surface area contributed by atoms with E-state index < -0.39 is 0 Å². The lowest BCUT2D eigenvalue weighted by Crippen LogP contribution is -2.45. The van der Waals surface area contributed by atoms with Crippen molar-refractivity contribution >= 4 is 57.9 Å². The number of imidazole rings is 1. The van der Waals surface area contributed by atoms with Gasteiger partial charge in [0.2, 0.25) is 17.8 Å². The Labute approximate surface area is 237 Å². The SMILES string of the molecule is CC(C)N1CCC[C@@H](Nc2ncc3nc(Nc4c(Cl)cc(C#N)cc4Cl)n([C@H]4CC[C@H](C(N)=O)CC4)c3n2)C1. The number of benzene rings is 1. The Balaban J connectivity index is 1.50. The zero-order valence-electron chi connectivity index (χ0n) is 22.1. The molecule has 4 N–H and O–H groups in total. The number of nitrogens with one attached hydrogen (secondary N) is 2. The van der Waals surface area contributed by atoms with Crippen LogP contribution in [0.15, 0.2) is 18.3 Å². The van der Waals surface area contributed by atoms with Gasteiger partial charge in [-0.3, -0.25) is 14.3 Å². The van der Waals surface area contributed by atoms with Crippen LogP contribution in [0.25, 0.3) is 11.2 Å². The number of primary amides is 1. The number of halogens is 2. The van der Waals surface area contributed by atoms with E-state index in [9.17, 15) is 10.1 Å². The van der Waals surface area contributed by atoms with Gasteiger partial charge in [0, 0.05) is 30.6 Å². The number of piperidine rings is 1. The number of nitriles is 1. The van der Waals surface area contributed by atoms with E-state index in [1.807, 2.05) is 0 Å². The van der Waals surface area contributed by atoms with Crippen LogP contribution in [-0.2, 0) is 4.79 Å². The monoisotopic (exact) mass is 569 g/mol. The molecule has 2 fully saturated rings. The number of carbonyl (C=O) groups excluding carboxylic acids is 1. The van der Waals surface area contributed by atoms with Crippen LogP contribution in [0, 0.1) is 17.2 Å². The van der Waals surface area contributed by atoms with Gasteiger partial charge < -0.3 is 16.4 Å². The molecule has 1 saturated carbocycles. The largest absolute Gasteiger partial charge is 0.369 e.